The molecule has 2 atom stereocenters. The molecule has 0 bridgehead atoms. The number of halogens is 2. The first-order chi connectivity index (χ1) is 8.08. The third-order valence-corrected chi connectivity index (χ3v) is 3.88. The Kier molecular flexibility index (Phi) is 5.67. The van der Waals surface area contributed by atoms with Crippen molar-refractivity contribution in [3.63, 3.8) is 0 Å². The van der Waals surface area contributed by atoms with Gasteiger partial charge in [0.25, 0.3) is 0 Å². The summed E-state index contributed by atoms with van der Waals surface area (Å²) in [5, 5.41) is 11.7. The molecular formula is C11H15F2NO2S. The van der Waals surface area contributed by atoms with Gasteiger partial charge in [-0.1, -0.05) is 0 Å². The standard InChI is InChI=1S/C11H15F2NO2S/c1-14-8(4-5-15)7-17(16)9-2-3-10(12)11(13)6-9/h2-3,6,8,14-15H,4-5,7H2,1H3. The molecule has 1 aromatic rings. The van der Waals surface area contributed by atoms with Crippen molar-refractivity contribution < 1.29 is 18.1 Å². The summed E-state index contributed by atoms with van der Waals surface area (Å²) in [6.07, 6.45) is 0.464. The number of rotatable bonds is 6. The van der Waals surface area contributed by atoms with E-state index in [-0.39, 0.29) is 23.3 Å². The molecule has 0 spiro atoms. The van der Waals surface area contributed by atoms with Crippen molar-refractivity contribution in [2.24, 2.45) is 0 Å². The molecule has 0 saturated carbocycles. The third kappa shape index (κ3) is 4.14. The molecule has 0 radical (unpaired) electrons. The first-order valence-electron chi connectivity index (χ1n) is 5.20. The first-order valence-corrected chi connectivity index (χ1v) is 6.52. The summed E-state index contributed by atoms with van der Waals surface area (Å²) < 4.78 is 37.5. The van der Waals surface area contributed by atoms with Gasteiger partial charge in [-0.15, -0.1) is 0 Å². The van der Waals surface area contributed by atoms with Gasteiger partial charge < -0.3 is 10.4 Å². The van der Waals surface area contributed by atoms with Gasteiger partial charge >= 0.3 is 0 Å². The van der Waals surface area contributed by atoms with Crippen LogP contribution in [0.3, 0.4) is 0 Å². The van der Waals surface area contributed by atoms with Gasteiger partial charge in [0.1, 0.15) is 0 Å². The van der Waals surface area contributed by atoms with E-state index in [2.05, 4.69) is 5.32 Å². The average molecular weight is 263 g/mol. The molecule has 0 aliphatic heterocycles. The molecule has 2 unspecified atom stereocenters. The summed E-state index contributed by atoms with van der Waals surface area (Å²) in [4.78, 5) is 0.252. The Balaban J connectivity index is 2.72. The molecule has 96 valence electrons. The summed E-state index contributed by atoms with van der Waals surface area (Å²) in [7, 11) is 0.284. The molecule has 3 nitrogen and oxygen atoms in total. The molecule has 0 aliphatic carbocycles. The SMILES string of the molecule is CNC(CCO)CS(=O)c1ccc(F)c(F)c1. The average Bonchev–Trinajstić information content (AvgIpc) is 2.31. The van der Waals surface area contributed by atoms with Crippen molar-refractivity contribution in [1.29, 1.82) is 0 Å². The Morgan fingerprint density at radius 2 is 2.12 bits per heavy atom. The minimum absolute atomic E-state index is 0.0134. The number of aliphatic hydroxyl groups excluding tert-OH is 1. The Morgan fingerprint density at radius 1 is 1.41 bits per heavy atom. The highest BCUT2D eigenvalue weighted by Gasteiger charge is 2.13. The Hall–Kier alpha value is -0.850. The van der Waals surface area contributed by atoms with Crippen LogP contribution in [0.25, 0.3) is 0 Å². The highest BCUT2D eigenvalue weighted by Crippen LogP contribution is 2.13. The molecule has 0 saturated heterocycles. The minimum Gasteiger partial charge on any atom is -0.396 e. The lowest BCUT2D eigenvalue weighted by Gasteiger charge is -2.14. The number of nitrogens with one attached hydrogen (secondary N) is 1. The van der Waals surface area contributed by atoms with E-state index in [1.807, 2.05) is 0 Å². The zero-order valence-corrected chi connectivity index (χ0v) is 10.3. The van der Waals surface area contributed by atoms with Gasteiger partial charge in [-0.3, -0.25) is 4.21 Å². The number of hydrogen-bond acceptors (Lipinski definition) is 3. The molecule has 6 heteroatoms. The smallest absolute Gasteiger partial charge is 0.160 e. The Morgan fingerprint density at radius 3 is 2.65 bits per heavy atom. The Labute approximate surface area is 101 Å². The number of aliphatic hydroxyl groups is 1. The molecule has 0 heterocycles. The van der Waals surface area contributed by atoms with Crippen molar-refractivity contribution in [2.75, 3.05) is 19.4 Å². The van der Waals surface area contributed by atoms with E-state index in [9.17, 15) is 13.0 Å². The predicted molar refractivity (Wildman–Crippen MR) is 62.2 cm³/mol. The summed E-state index contributed by atoms with van der Waals surface area (Å²) >= 11 is 0. The molecule has 2 N–H and O–H groups in total. The van der Waals surface area contributed by atoms with E-state index in [1.165, 1.54) is 6.07 Å². The van der Waals surface area contributed by atoms with Crippen LogP contribution in [0, 0.1) is 11.6 Å². The van der Waals surface area contributed by atoms with Crippen LogP contribution in [-0.2, 0) is 10.8 Å². The monoisotopic (exact) mass is 263 g/mol. The lowest BCUT2D eigenvalue weighted by atomic mass is 10.2. The lowest BCUT2D eigenvalue weighted by molar-refractivity contribution is 0.272. The van der Waals surface area contributed by atoms with E-state index in [1.54, 1.807) is 7.05 Å². The zero-order chi connectivity index (χ0) is 12.8. The van der Waals surface area contributed by atoms with Gasteiger partial charge in [-0.25, -0.2) is 8.78 Å². The van der Waals surface area contributed by atoms with Crippen molar-refractivity contribution in [1.82, 2.24) is 5.32 Å². The fourth-order valence-corrected chi connectivity index (χ4v) is 2.71. The molecule has 0 aromatic heterocycles. The van der Waals surface area contributed by atoms with E-state index in [0.29, 0.717) is 6.42 Å². The molecular weight excluding hydrogens is 248 g/mol. The van der Waals surface area contributed by atoms with Crippen molar-refractivity contribution in [2.45, 2.75) is 17.4 Å². The normalized spacial score (nSPS) is 14.6. The quantitative estimate of drug-likeness (QED) is 0.806. The number of benzene rings is 1. The van der Waals surface area contributed by atoms with Gasteiger partial charge in [0.15, 0.2) is 11.6 Å². The molecule has 17 heavy (non-hydrogen) atoms. The van der Waals surface area contributed by atoms with Crippen LogP contribution in [0.2, 0.25) is 0 Å². The molecule has 0 aliphatic rings. The van der Waals surface area contributed by atoms with Crippen molar-refractivity contribution in [3.05, 3.63) is 29.8 Å². The first kappa shape index (κ1) is 14.2. The van der Waals surface area contributed by atoms with Gasteiger partial charge in [0.2, 0.25) is 0 Å². The summed E-state index contributed by atoms with van der Waals surface area (Å²) in [6.45, 7) is -0.0134. The van der Waals surface area contributed by atoms with Crippen LogP contribution < -0.4 is 5.32 Å². The molecule has 0 amide bonds. The second kappa shape index (κ2) is 6.78. The maximum absolute atomic E-state index is 12.9. The summed E-state index contributed by atoms with van der Waals surface area (Å²) in [5.74, 6) is -1.70. The Bertz CT molecular complexity index is 401. The summed E-state index contributed by atoms with van der Waals surface area (Å²) in [5.41, 5.74) is 0. The van der Waals surface area contributed by atoms with Crippen LogP contribution in [-0.4, -0.2) is 34.8 Å². The van der Waals surface area contributed by atoms with E-state index >= 15 is 0 Å². The van der Waals surface area contributed by atoms with Crippen LogP contribution in [0.1, 0.15) is 6.42 Å². The van der Waals surface area contributed by atoms with E-state index in [4.69, 9.17) is 5.11 Å². The third-order valence-electron chi connectivity index (χ3n) is 2.39. The van der Waals surface area contributed by atoms with Crippen LogP contribution in [0.5, 0.6) is 0 Å². The highest BCUT2D eigenvalue weighted by molar-refractivity contribution is 7.85. The molecule has 0 fully saturated rings. The summed E-state index contributed by atoms with van der Waals surface area (Å²) in [6, 6.07) is 3.09. The lowest BCUT2D eigenvalue weighted by Crippen LogP contribution is -2.32. The minimum atomic E-state index is -1.41. The maximum Gasteiger partial charge on any atom is 0.160 e. The zero-order valence-electron chi connectivity index (χ0n) is 9.45. The topological polar surface area (TPSA) is 49.3 Å². The fourth-order valence-electron chi connectivity index (χ4n) is 1.36. The van der Waals surface area contributed by atoms with Gasteiger partial charge in [-0.2, -0.15) is 0 Å². The van der Waals surface area contributed by atoms with Gasteiger partial charge in [0.05, 0.1) is 10.8 Å². The van der Waals surface area contributed by atoms with E-state index in [0.717, 1.165) is 12.1 Å². The largest absolute Gasteiger partial charge is 0.396 e. The fraction of sp³-hybridized carbons (Fsp3) is 0.455. The van der Waals surface area contributed by atoms with E-state index < -0.39 is 22.4 Å². The van der Waals surface area contributed by atoms with Crippen LogP contribution >= 0.6 is 0 Å². The highest BCUT2D eigenvalue weighted by atomic mass is 32.2. The molecule has 1 rings (SSSR count). The number of hydrogen-bond donors (Lipinski definition) is 2. The van der Waals surface area contributed by atoms with Crippen LogP contribution in [0.4, 0.5) is 8.78 Å². The van der Waals surface area contributed by atoms with Crippen LogP contribution in [0.15, 0.2) is 23.1 Å². The van der Waals surface area contributed by atoms with Gasteiger partial charge in [-0.05, 0) is 31.7 Å². The van der Waals surface area contributed by atoms with Gasteiger partial charge in [0, 0.05) is 23.3 Å². The maximum atomic E-state index is 12.9. The second-order valence-corrected chi connectivity index (χ2v) is 5.08. The van der Waals surface area contributed by atoms with Crippen molar-refractivity contribution in [3.8, 4) is 0 Å². The van der Waals surface area contributed by atoms with Crippen molar-refractivity contribution >= 4 is 10.8 Å². The second-order valence-electron chi connectivity index (χ2n) is 3.59. The predicted octanol–water partition coefficient (Wildman–Crippen LogP) is 1.04. The molecule has 1 aromatic carbocycles.